The Labute approximate surface area is 147 Å². The monoisotopic (exact) mass is 423 g/mol. The second-order valence-electron chi connectivity index (χ2n) is 4.23. The molecule has 8 heteroatoms. The van der Waals surface area contributed by atoms with Crippen molar-refractivity contribution in [1.29, 1.82) is 0 Å². The van der Waals surface area contributed by atoms with Gasteiger partial charge in [0.15, 0.2) is 0 Å². The molecule has 22 heavy (non-hydrogen) atoms. The number of sulfonamides is 1. The molecule has 4 nitrogen and oxygen atoms in total. The molecule has 0 amide bonds. The quantitative estimate of drug-likeness (QED) is 0.690. The number of halogens is 3. The highest BCUT2D eigenvalue weighted by molar-refractivity contribution is 9.10. The Morgan fingerprint density at radius 3 is 2.50 bits per heavy atom. The van der Waals surface area contributed by atoms with Crippen molar-refractivity contribution in [3.05, 3.63) is 50.9 Å². The summed E-state index contributed by atoms with van der Waals surface area (Å²) in [5.74, 6) is 0.449. The van der Waals surface area contributed by atoms with Gasteiger partial charge in [-0.1, -0.05) is 35.3 Å². The predicted molar refractivity (Wildman–Crippen MR) is 92.6 cm³/mol. The minimum atomic E-state index is -3.84. The number of hydrogen-bond acceptors (Lipinski definition) is 3. The van der Waals surface area contributed by atoms with Gasteiger partial charge in [-0.15, -0.1) is 0 Å². The Morgan fingerprint density at radius 2 is 1.82 bits per heavy atom. The Kier molecular flexibility index (Phi) is 5.60. The lowest BCUT2D eigenvalue weighted by Gasteiger charge is -2.14. The molecule has 0 saturated carbocycles. The second kappa shape index (κ2) is 7.08. The fraction of sp³-hybridized carbons (Fsp3) is 0.143. The Balaban J connectivity index is 2.43. The van der Waals surface area contributed by atoms with Crippen LogP contribution < -0.4 is 9.46 Å². The fourth-order valence-electron chi connectivity index (χ4n) is 1.74. The van der Waals surface area contributed by atoms with E-state index in [9.17, 15) is 8.42 Å². The van der Waals surface area contributed by atoms with E-state index in [1.165, 1.54) is 12.1 Å². The number of rotatable bonds is 5. The molecule has 0 saturated heterocycles. The molecule has 0 aliphatic rings. The van der Waals surface area contributed by atoms with Crippen LogP contribution in [0, 0.1) is 0 Å². The molecule has 2 rings (SSSR count). The van der Waals surface area contributed by atoms with Gasteiger partial charge in [0.1, 0.15) is 10.6 Å². The number of ether oxygens (including phenoxy) is 1. The minimum Gasteiger partial charge on any atom is -0.492 e. The van der Waals surface area contributed by atoms with Crippen LogP contribution in [0.5, 0.6) is 5.75 Å². The summed E-state index contributed by atoms with van der Waals surface area (Å²) in [4.78, 5) is -0.00629. The first kappa shape index (κ1) is 17.4. The average Bonchev–Trinajstić information content (AvgIpc) is 2.45. The lowest BCUT2D eigenvalue weighted by atomic mass is 10.3. The first-order valence-electron chi connectivity index (χ1n) is 6.24. The summed E-state index contributed by atoms with van der Waals surface area (Å²) in [6.45, 7) is 2.25. The molecule has 0 fully saturated rings. The second-order valence-corrected chi connectivity index (χ2v) is 7.55. The lowest BCUT2D eigenvalue weighted by molar-refractivity contribution is 0.342. The van der Waals surface area contributed by atoms with E-state index < -0.39 is 10.0 Å². The van der Waals surface area contributed by atoms with E-state index in [2.05, 4.69) is 20.7 Å². The highest BCUT2D eigenvalue weighted by Crippen LogP contribution is 2.34. The van der Waals surface area contributed by atoms with Crippen molar-refractivity contribution in [3.8, 4) is 5.75 Å². The van der Waals surface area contributed by atoms with Crippen molar-refractivity contribution >= 4 is 54.8 Å². The van der Waals surface area contributed by atoms with Gasteiger partial charge in [0.25, 0.3) is 10.0 Å². The van der Waals surface area contributed by atoms with Crippen molar-refractivity contribution in [1.82, 2.24) is 0 Å². The third kappa shape index (κ3) is 3.87. The minimum absolute atomic E-state index is 0.00629. The van der Waals surface area contributed by atoms with E-state index in [4.69, 9.17) is 27.9 Å². The molecule has 0 atom stereocenters. The Bertz CT molecular complexity index is 797. The van der Waals surface area contributed by atoms with Crippen LogP contribution in [0.4, 0.5) is 5.69 Å². The van der Waals surface area contributed by atoms with Crippen LogP contribution in [0.1, 0.15) is 6.92 Å². The molecule has 1 N–H and O–H groups in total. The highest BCUT2D eigenvalue weighted by Gasteiger charge is 2.21. The molecular weight excluding hydrogens is 413 g/mol. The van der Waals surface area contributed by atoms with E-state index in [-0.39, 0.29) is 14.9 Å². The van der Waals surface area contributed by atoms with Gasteiger partial charge in [-0.25, -0.2) is 8.42 Å². The molecule has 0 aliphatic carbocycles. The van der Waals surface area contributed by atoms with Gasteiger partial charge in [0, 0.05) is 4.47 Å². The third-order valence-electron chi connectivity index (χ3n) is 2.70. The first-order chi connectivity index (χ1) is 10.3. The molecule has 0 aliphatic heterocycles. The standard InChI is InChI=1S/C14H12BrCl2NO3S/c1-2-21-13-6-4-3-5-12(13)18-22(19,20)14-8-11(17)10(16)7-9(14)15/h3-8,18H,2H2,1H3. The maximum Gasteiger partial charge on any atom is 0.263 e. The lowest BCUT2D eigenvalue weighted by Crippen LogP contribution is -2.14. The number of anilines is 1. The van der Waals surface area contributed by atoms with E-state index in [0.29, 0.717) is 22.5 Å². The molecule has 0 spiro atoms. The van der Waals surface area contributed by atoms with Crippen molar-refractivity contribution < 1.29 is 13.2 Å². The van der Waals surface area contributed by atoms with E-state index in [0.717, 1.165) is 0 Å². The van der Waals surface area contributed by atoms with E-state index in [1.54, 1.807) is 24.3 Å². The molecule has 2 aromatic rings. The zero-order valence-corrected chi connectivity index (χ0v) is 15.4. The summed E-state index contributed by atoms with van der Waals surface area (Å²) in [7, 11) is -3.84. The van der Waals surface area contributed by atoms with Crippen LogP contribution in [-0.4, -0.2) is 15.0 Å². The smallest absolute Gasteiger partial charge is 0.263 e. The number of benzene rings is 2. The summed E-state index contributed by atoms with van der Waals surface area (Å²) in [5.41, 5.74) is 0.349. The van der Waals surface area contributed by atoms with Crippen molar-refractivity contribution in [2.24, 2.45) is 0 Å². The SMILES string of the molecule is CCOc1ccccc1NS(=O)(=O)c1cc(Cl)c(Cl)cc1Br. The van der Waals surface area contributed by atoms with Gasteiger partial charge >= 0.3 is 0 Å². The fourth-order valence-corrected chi connectivity index (χ4v) is 4.41. The normalized spacial score (nSPS) is 11.3. The Morgan fingerprint density at radius 1 is 1.18 bits per heavy atom. The average molecular weight is 425 g/mol. The summed E-state index contributed by atoms with van der Waals surface area (Å²) in [5, 5.41) is 0.422. The molecule has 0 aromatic heterocycles. The van der Waals surface area contributed by atoms with Crippen molar-refractivity contribution in [2.75, 3.05) is 11.3 Å². The van der Waals surface area contributed by atoms with E-state index in [1.807, 2.05) is 6.92 Å². The molecule has 0 radical (unpaired) electrons. The van der Waals surface area contributed by atoms with Gasteiger partial charge in [-0.3, -0.25) is 4.72 Å². The topological polar surface area (TPSA) is 55.4 Å². The summed E-state index contributed by atoms with van der Waals surface area (Å²) >= 11 is 15.0. The third-order valence-corrected chi connectivity index (χ3v) is 5.74. The number of nitrogens with one attached hydrogen (secondary N) is 1. The largest absolute Gasteiger partial charge is 0.492 e. The molecular formula is C14H12BrCl2NO3S. The van der Waals surface area contributed by atoms with Gasteiger partial charge in [-0.05, 0) is 47.1 Å². The van der Waals surface area contributed by atoms with Crippen LogP contribution in [0.15, 0.2) is 45.8 Å². The molecule has 0 heterocycles. The molecule has 2 aromatic carbocycles. The van der Waals surface area contributed by atoms with Crippen LogP contribution in [-0.2, 0) is 10.0 Å². The van der Waals surface area contributed by atoms with Gasteiger partial charge in [-0.2, -0.15) is 0 Å². The van der Waals surface area contributed by atoms with E-state index >= 15 is 0 Å². The van der Waals surface area contributed by atoms with Crippen molar-refractivity contribution in [3.63, 3.8) is 0 Å². The molecule has 118 valence electrons. The van der Waals surface area contributed by atoms with Crippen LogP contribution in [0.3, 0.4) is 0 Å². The Hall–Kier alpha value is -0.950. The zero-order chi connectivity index (χ0) is 16.3. The maximum absolute atomic E-state index is 12.5. The van der Waals surface area contributed by atoms with Gasteiger partial charge < -0.3 is 4.74 Å². The summed E-state index contributed by atoms with van der Waals surface area (Å²) in [6.07, 6.45) is 0. The van der Waals surface area contributed by atoms with Crippen molar-refractivity contribution in [2.45, 2.75) is 11.8 Å². The first-order valence-corrected chi connectivity index (χ1v) is 9.27. The van der Waals surface area contributed by atoms with Crippen LogP contribution in [0.25, 0.3) is 0 Å². The maximum atomic E-state index is 12.5. The van der Waals surface area contributed by atoms with Gasteiger partial charge in [0.05, 0.1) is 22.3 Å². The predicted octanol–water partition coefficient (Wildman–Crippen LogP) is 4.96. The van der Waals surface area contributed by atoms with Crippen LogP contribution >= 0.6 is 39.1 Å². The summed E-state index contributed by atoms with van der Waals surface area (Å²) < 4.78 is 33.3. The molecule has 0 bridgehead atoms. The van der Waals surface area contributed by atoms with Crippen LogP contribution in [0.2, 0.25) is 10.0 Å². The summed E-state index contributed by atoms with van der Waals surface area (Å²) in [6, 6.07) is 9.51. The molecule has 0 unspecified atom stereocenters. The highest BCUT2D eigenvalue weighted by atomic mass is 79.9. The van der Waals surface area contributed by atoms with Gasteiger partial charge in [0.2, 0.25) is 0 Å². The number of para-hydroxylation sites is 2. The zero-order valence-electron chi connectivity index (χ0n) is 11.4. The number of hydrogen-bond donors (Lipinski definition) is 1.